The van der Waals surface area contributed by atoms with E-state index >= 15 is 0 Å². The number of dihydropyridines is 1. The maximum Gasteiger partial charge on any atom is 0.163 e. The van der Waals surface area contributed by atoms with Gasteiger partial charge in [-0.1, -0.05) is 0 Å². The van der Waals surface area contributed by atoms with E-state index in [1.54, 1.807) is 0 Å². The monoisotopic (exact) mass is 135 g/mol. The van der Waals surface area contributed by atoms with Gasteiger partial charge in [-0.15, -0.1) is 0 Å². The maximum atomic E-state index is 11.1. The zero-order chi connectivity index (χ0) is 6.97. The van der Waals surface area contributed by atoms with Crippen LogP contribution in [-0.2, 0) is 4.79 Å². The highest BCUT2D eigenvalue weighted by atomic mass is 16.1. The molecule has 2 nitrogen and oxygen atoms in total. The average molecular weight is 135 g/mol. The molecule has 0 saturated carbocycles. The number of hydrogen-bond acceptors (Lipinski definition) is 2. The molecule has 0 aromatic rings. The number of ketones is 1. The van der Waals surface area contributed by atoms with Crippen molar-refractivity contribution in [1.29, 1.82) is 0 Å². The molecule has 0 spiro atoms. The van der Waals surface area contributed by atoms with Crippen LogP contribution >= 0.6 is 0 Å². The van der Waals surface area contributed by atoms with Crippen molar-refractivity contribution in [2.24, 2.45) is 0 Å². The number of nitrogens with one attached hydrogen (secondary N) is 1. The summed E-state index contributed by atoms with van der Waals surface area (Å²) >= 11 is 0. The van der Waals surface area contributed by atoms with Crippen molar-refractivity contribution in [1.82, 2.24) is 5.32 Å². The summed E-state index contributed by atoms with van der Waals surface area (Å²) in [6.45, 7) is 0.873. The highest BCUT2D eigenvalue weighted by Gasteiger charge is 2.21. The Balaban J connectivity index is 2.38. The molecule has 0 amide bonds. The minimum absolute atomic E-state index is 0.313. The minimum atomic E-state index is 0.313. The molecule has 2 heteroatoms. The minimum Gasteiger partial charge on any atom is -0.387 e. The third-order valence-corrected chi connectivity index (χ3v) is 2.02. The summed E-state index contributed by atoms with van der Waals surface area (Å²) < 4.78 is 0. The van der Waals surface area contributed by atoms with E-state index in [9.17, 15) is 4.79 Å². The first-order valence-corrected chi connectivity index (χ1v) is 3.53. The van der Waals surface area contributed by atoms with Crippen LogP contribution in [-0.4, -0.2) is 12.3 Å². The number of hydrogen-bond donors (Lipinski definition) is 1. The Hall–Kier alpha value is -1.05. The lowest BCUT2D eigenvalue weighted by molar-refractivity contribution is -0.114. The van der Waals surface area contributed by atoms with Crippen LogP contribution in [0.25, 0.3) is 0 Å². The largest absolute Gasteiger partial charge is 0.387 e. The molecule has 52 valence electrons. The molecule has 0 aromatic carbocycles. The zero-order valence-corrected chi connectivity index (χ0v) is 5.68. The van der Waals surface area contributed by atoms with Gasteiger partial charge in [0.1, 0.15) is 0 Å². The van der Waals surface area contributed by atoms with Crippen LogP contribution in [0, 0.1) is 0 Å². The normalized spacial score (nSPS) is 23.0. The Morgan fingerprint density at radius 1 is 1.40 bits per heavy atom. The Morgan fingerprint density at radius 2 is 2.30 bits per heavy atom. The molecule has 1 aliphatic heterocycles. The standard InChI is InChI=1S/C8H9NO/c10-8-2-1-6-5-9-4-3-7(6)8/h3-4,9H,1-2,5H2. The van der Waals surface area contributed by atoms with Gasteiger partial charge in [-0.2, -0.15) is 0 Å². The molecule has 1 heterocycles. The summed E-state index contributed by atoms with van der Waals surface area (Å²) in [5, 5.41) is 3.09. The number of carbonyl (C=O) groups excluding carboxylic acids is 1. The summed E-state index contributed by atoms with van der Waals surface area (Å²) in [5.74, 6) is 0.313. The lowest BCUT2D eigenvalue weighted by Crippen LogP contribution is -2.13. The van der Waals surface area contributed by atoms with E-state index in [2.05, 4.69) is 5.32 Å². The van der Waals surface area contributed by atoms with E-state index in [-0.39, 0.29) is 0 Å². The van der Waals surface area contributed by atoms with Gasteiger partial charge in [-0.25, -0.2) is 0 Å². The average Bonchev–Trinajstić information content (AvgIpc) is 2.34. The first-order valence-electron chi connectivity index (χ1n) is 3.53. The zero-order valence-electron chi connectivity index (χ0n) is 5.68. The Labute approximate surface area is 59.6 Å². The molecular weight excluding hydrogens is 126 g/mol. The van der Waals surface area contributed by atoms with Gasteiger partial charge in [0.05, 0.1) is 0 Å². The van der Waals surface area contributed by atoms with Crippen molar-refractivity contribution in [3.05, 3.63) is 23.4 Å². The molecule has 2 rings (SSSR count). The summed E-state index contributed by atoms with van der Waals surface area (Å²) in [4.78, 5) is 11.1. The van der Waals surface area contributed by atoms with Gasteiger partial charge >= 0.3 is 0 Å². The molecule has 0 atom stereocenters. The fourth-order valence-electron chi connectivity index (χ4n) is 1.45. The predicted molar refractivity (Wildman–Crippen MR) is 38.4 cm³/mol. The fourth-order valence-corrected chi connectivity index (χ4v) is 1.45. The first-order chi connectivity index (χ1) is 4.88. The summed E-state index contributed by atoms with van der Waals surface area (Å²) in [5.41, 5.74) is 2.24. The van der Waals surface area contributed by atoms with Crippen LogP contribution in [0.15, 0.2) is 23.4 Å². The second-order valence-corrected chi connectivity index (χ2v) is 2.65. The highest BCUT2D eigenvalue weighted by molar-refractivity contribution is 6.01. The van der Waals surface area contributed by atoms with Crippen LogP contribution in [0.3, 0.4) is 0 Å². The van der Waals surface area contributed by atoms with Crippen LogP contribution in [0.5, 0.6) is 0 Å². The fraction of sp³-hybridized carbons (Fsp3) is 0.375. The van der Waals surface area contributed by atoms with E-state index in [0.717, 1.165) is 25.0 Å². The number of carbonyl (C=O) groups is 1. The van der Waals surface area contributed by atoms with Gasteiger partial charge in [0, 0.05) is 18.5 Å². The Morgan fingerprint density at radius 3 is 3.10 bits per heavy atom. The molecule has 0 saturated heterocycles. The van der Waals surface area contributed by atoms with E-state index < -0.39 is 0 Å². The number of allylic oxidation sites excluding steroid dienone is 2. The summed E-state index contributed by atoms with van der Waals surface area (Å²) in [7, 11) is 0. The lowest BCUT2D eigenvalue weighted by Gasteiger charge is -2.07. The third-order valence-electron chi connectivity index (χ3n) is 2.02. The van der Waals surface area contributed by atoms with Gasteiger partial charge in [0.15, 0.2) is 5.78 Å². The van der Waals surface area contributed by atoms with E-state index in [4.69, 9.17) is 0 Å². The van der Waals surface area contributed by atoms with Crippen molar-refractivity contribution in [3.8, 4) is 0 Å². The molecule has 1 aliphatic carbocycles. The molecule has 0 fully saturated rings. The van der Waals surface area contributed by atoms with Crippen molar-refractivity contribution < 1.29 is 4.79 Å². The molecular formula is C8H9NO. The first kappa shape index (κ1) is 5.71. The van der Waals surface area contributed by atoms with Crippen molar-refractivity contribution in [3.63, 3.8) is 0 Å². The molecule has 10 heavy (non-hydrogen) atoms. The van der Waals surface area contributed by atoms with Crippen LogP contribution < -0.4 is 5.32 Å². The predicted octanol–water partition coefficient (Wildman–Crippen LogP) is 0.763. The van der Waals surface area contributed by atoms with Crippen molar-refractivity contribution >= 4 is 5.78 Å². The number of Topliss-reactive ketones (excluding diaryl/α,β-unsaturated/α-hetero) is 1. The third kappa shape index (κ3) is 0.685. The van der Waals surface area contributed by atoms with Crippen molar-refractivity contribution in [2.75, 3.05) is 6.54 Å². The quantitative estimate of drug-likeness (QED) is 0.531. The highest BCUT2D eigenvalue weighted by Crippen LogP contribution is 2.24. The van der Waals surface area contributed by atoms with Gasteiger partial charge in [0.2, 0.25) is 0 Å². The van der Waals surface area contributed by atoms with Crippen LogP contribution in [0.4, 0.5) is 0 Å². The molecule has 0 aromatic heterocycles. The van der Waals surface area contributed by atoms with Crippen LogP contribution in [0.2, 0.25) is 0 Å². The SMILES string of the molecule is O=C1CCC2=C1C=CNC2. The van der Waals surface area contributed by atoms with E-state index in [1.807, 2.05) is 12.3 Å². The van der Waals surface area contributed by atoms with Gasteiger partial charge in [0.25, 0.3) is 0 Å². The molecule has 0 radical (unpaired) electrons. The number of rotatable bonds is 0. The van der Waals surface area contributed by atoms with Crippen molar-refractivity contribution in [2.45, 2.75) is 12.8 Å². The summed E-state index contributed by atoms with van der Waals surface area (Å²) in [6.07, 6.45) is 5.42. The maximum absolute atomic E-state index is 11.1. The molecule has 0 unspecified atom stereocenters. The molecule has 2 aliphatic rings. The smallest absolute Gasteiger partial charge is 0.163 e. The lowest BCUT2D eigenvalue weighted by atomic mass is 10.1. The second kappa shape index (κ2) is 1.97. The van der Waals surface area contributed by atoms with E-state index in [1.165, 1.54) is 5.57 Å². The summed E-state index contributed by atoms with van der Waals surface area (Å²) in [6, 6.07) is 0. The molecule has 1 N–H and O–H groups in total. The topological polar surface area (TPSA) is 29.1 Å². The Kier molecular flexibility index (Phi) is 1.13. The van der Waals surface area contributed by atoms with Gasteiger partial charge in [-0.3, -0.25) is 4.79 Å². The van der Waals surface area contributed by atoms with Crippen LogP contribution in [0.1, 0.15) is 12.8 Å². The van der Waals surface area contributed by atoms with Gasteiger partial charge < -0.3 is 5.32 Å². The second-order valence-electron chi connectivity index (χ2n) is 2.65. The Bertz CT molecular complexity index is 234. The van der Waals surface area contributed by atoms with E-state index in [0.29, 0.717) is 5.78 Å². The molecule has 0 bridgehead atoms. The van der Waals surface area contributed by atoms with Gasteiger partial charge in [-0.05, 0) is 24.3 Å².